The number of benzene rings is 2. The molecule has 0 aliphatic rings. The first-order valence-electron chi connectivity index (χ1n) is 8.30. The quantitative estimate of drug-likeness (QED) is 0.636. The maximum Gasteiger partial charge on any atom is 0.339 e. The van der Waals surface area contributed by atoms with E-state index in [1.807, 2.05) is 0 Å². The number of aromatic amines is 1. The zero-order chi connectivity index (χ0) is 20.3. The number of hydrogen-bond acceptors (Lipinski definition) is 5. The first kappa shape index (κ1) is 19.4. The molecule has 0 radical (unpaired) electrons. The van der Waals surface area contributed by atoms with Crippen LogP contribution in [0.15, 0.2) is 52.1 Å². The Kier molecular flexibility index (Phi) is 5.60. The van der Waals surface area contributed by atoms with Crippen molar-refractivity contribution in [1.82, 2.24) is 9.55 Å². The van der Waals surface area contributed by atoms with Gasteiger partial charge in [-0.25, -0.2) is 9.59 Å². The highest BCUT2D eigenvalue weighted by molar-refractivity contribution is 6.31. The molecule has 0 atom stereocenters. The Bertz CT molecular complexity index is 1180. The molecule has 0 aliphatic heterocycles. The third-order valence-electron chi connectivity index (χ3n) is 4.11. The van der Waals surface area contributed by atoms with Crippen LogP contribution in [0.5, 0.6) is 0 Å². The number of esters is 1. The number of fused-ring (bicyclic) bond motifs is 1. The molecule has 3 rings (SSSR count). The van der Waals surface area contributed by atoms with Gasteiger partial charge in [0.1, 0.15) is 0 Å². The molecule has 0 bridgehead atoms. The summed E-state index contributed by atoms with van der Waals surface area (Å²) < 4.78 is 5.64. The number of halogens is 1. The number of nitrogens with one attached hydrogen (secondary N) is 2. The molecule has 8 nitrogen and oxygen atoms in total. The fourth-order valence-corrected chi connectivity index (χ4v) is 2.91. The van der Waals surface area contributed by atoms with Crippen LogP contribution in [-0.4, -0.2) is 28.5 Å². The molecular formula is C19H16ClN3O5. The van der Waals surface area contributed by atoms with Gasteiger partial charge in [0.05, 0.1) is 29.3 Å². The van der Waals surface area contributed by atoms with Crippen molar-refractivity contribution in [2.75, 3.05) is 12.4 Å². The molecule has 9 heteroatoms. The molecule has 28 heavy (non-hydrogen) atoms. The number of para-hydroxylation sites is 1. The average Bonchev–Trinajstić information content (AvgIpc) is 2.67. The van der Waals surface area contributed by atoms with Crippen LogP contribution < -0.4 is 16.6 Å². The highest BCUT2D eigenvalue weighted by atomic mass is 35.5. The number of H-pyrrole nitrogens is 1. The van der Waals surface area contributed by atoms with E-state index in [2.05, 4.69) is 15.0 Å². The van der Waals surface area contributed by atoms with Crippen molar-refractivity contribution >= 4 is 40.1 Å². The van der Waals surface area contributed by atoms with E-state index in [1.165, 1.54) is 25.3 Å². The second-order valence-electron chi connectivity index (χ2n) is 5.91. The molecule has 0 spiro atoms. The lowest BCUT2D eigenvalue weighted by Crippen LogP contribution is -2.36. The number of methoxy groups -OCH3 is 1. The van der Waals surface area contributed by atoms with Gasteiger partial charge in [-0.15, -0.1) is 0 Å². The fraction of sp³-hybridized carbons (Fsp3) is 0.158. The standard InChI is InChI=1S/C19H16ClN3O5/c1-28-18(26)13-7-6-11(20)10-15(13)21-16(24)8-9-23-17(25)12-4-2-3-5-14(12)22-19(23)27/h2-7,10H,8-9H2,1H3,(H,21,24)(H,22,27). The number of rotatable bonds is 5. The van der Waals surface area contributed by atoms with Gasteiger partial charge in [0.2, 0.25) is 5.91 Å². The van der Waals surface area contributed by atoms with E-state index in [0.29, 0.717) is 15.9 Å². The second kappa shape index (κ2) is 8.10. The minimum atomic E-state index is -0.630. The molecule has 0 saturated carbocycles. The van der Waals surface area contributed by atoms with Crippen molar-refractivity contribution in [2.24, 2.45) is 0 Å². The van der Waals surface area contributed by atoms with Crippen molar-refractivity contribution in [3.05, 3.63) is 73.9 Å². The predicted molar refractivity (Wildman–Crippen MR) is 105 cm³/mol. The number of carbonyl (C=O) groups excluding carboxylic acids is 2. The van der Waals surface area contributed by atoms with Crippen molar-refractivity contribution < 1.29 is 14.3 Å². The van der Waals surface area contributed by atoms with Gasteiger partial charge in [0, 0.05) is 18.0 Å². The topological polar surface area (TPSA) is 110 Å². The molecule has 2 aromatic carbocycles. The summed E-state index contributed by atoms with van der Waals surface area (Å²) in [5.74, 6) is -1.12. The molecule has 0 saturated heterocycles. The Morgan fingerprint density at radius 1 is 1.18 bits per heavy atom. The lowest BCUT2D eigenvalue weighted by Gasteiger charge is -2.11. The first-order valence-corrected chi connectivity index (χ1v) is 8.68. The maximum atomic E-state index is 12.5. The molecule has 0 aliphatic carbocycles. The molecule has 2 N–H and O–H groups in total. The SMILES string of the molecule is COC(=O)c1ccc(Cl)cc1NC(=O)CCn1c(=O)[nH]c2ccccc2c1=O. The number of hydrogen-bond donors (Lipinski definition) is 2. The summed E-state index contributed by atoms with van der Waals surface area (Å²) in [6.45, 7) is -0.126. The largest absolute Gasteiger partial charge is 0.465 e. The fourth-order valence-electron chi connectivity index (χ4n) is 2.74. The number of ether oxygens (including phenoxy) is 1. The molecule has 0 fully saturated rings. The number of carbonyl (C=O) groups is 2. The van der Waals surface area contributed by atoms with E-state index in [0.717, 1.165) is 4.57 Å². The molecular weight excluding hydrogens is 386 g/mol. The highest BCUT2D eigenvalue weighted by Gasteiger charge is 2.15. The molecule has 1 amide bonds. The van der Waals surface area contributed by atoms with Gasteiger partial charge in [-0.2, -0.15) is 0 Å². The lowest BCUT2D eigenvalue weighted by molar-refractivity contribution is -0.116. The molecule has 3 aromatic rings. The van der Waals surface area contributed by atoms with E-state index in [4.69, 9.17) is 11.6 Å². The Hall–Kier alpha value is -3.39. The number of aromatic nitrogens is 2. The monoisotopic (exact) mass is 401 g/mol. The normalized spacial score (nSPS) is 10.6. The second-order valence-corrected chi connectivity index (χ2v) is 6.35. The molecule has 0 unspecified atom stereocenters. The van der Waals surface area contributed by atoms with Crippen molar-refractivity contribution in [2.45, 2.75) is 13.0 Å². The smallest absolute Gasteiger partial charge is 0.339 e. The summed E-state index contributed by atoms with van der Waals surface area (Å²) in [4.78, 5) is 51.4. The Balaban J connectivity index is 1.80. The molecule has 1 heterocycles. The van der Waals surface area contributed by atoms with Gasteiger partial charge in [-0.3, -0.25) is 14.2 Å². The number of nitrogens with zero attached hydrogens (tertiary/aromatic N) is 1. The number of amides is 1. The van der Waals surface area contributed by atoms with E-state index in [1.54, 1.807) is 24.3 Å². The first-order chi connectivity index (χ1) is 13.4. The van der Waals surface area contributed by atoms with Crippen LogP contribution in [-0.2, 0) is 16.1 Å². The lowest BCUT2D eigenvalue weighted by atomic mass is 10.1. The Morgan fingerprint density at radius 3 is 2.68 bits per heavy atom. The van der Waals surface area contributed by atoms with Crippen LogP contribution in [0.2, 0.25) is 5.02 Å². The van der Waals surface area contributed by atoms with Gasteiger partial charge in [-0.05, 0) is 30.3 Å². The summed E-state index contributed by atoms with van der Waals surface area (Å²) in [5.41, 5.74) is -0.329. The minimum Gasteiger partial charge on any atom is -0.465 e. The molecule has 1 aromatic heterocycles. The molecule has 144 valence electrons. The summed E-state index contributed by atoms with van der Waals surface area (Å²) in [6.07, 6.45) is -0.158. The van der Waals surface area contributed by atoms with E-state index in [-0.39, 0.29) is 24.2 Å². The van der Waals surface area contributed by atoms with E-state index < -0.39 is 23.1 Å². The Labute approximate surface area is 163 Å². The summed E-state index contributed by atoms with van der Waals surface area (Å²) in [5, 5.41) is 3.24. The van der Waals surface area contributed by atoms with Crippen LogP contribution in [0.4, 0.5) is 5.69 Å². The van der Waals surface area contributed by atoms with Crippen molar-refractivity contribution in [1.29, 1.82) is 0 Å². The van der Waals surface area contributed by atoms with E-state index in [9.17, 15) is 19.2 Å². The minimum absolute atomic E-state index is 0.126. The van der Waals surface area contributed by atoms with Crippen molar-refractivity contribution in [3.8, 4) is 0 Å². The van der Waals surface area contributed by atoms with Crippen LogP contribution in [0.25, 0.3) is 10.9 Å². The van der Waals surface area contributed by atoms with Gasteiger partial charge < -0.3 is 15.0 Å². The summed E-state index contributed by atoms with van der Waals surface area (Å²) in [6, 6.07) is 11.0. The van der Waals surface area contributed by atoms with Crippen LogP contribution in [0.3, 0.4) is 0 Å². The zero-order valence-electron chi connectivity index (χ0n) is 14.8. The van der Waals surface area contributed by atoms with Gasteiger partial charge in [-0.1, -0.05) is 23.7 Å². The Morgan fingerprint density at radius 2 is 1.93 bits per heavy atom. The maximum absolute atomic E-state index is 12.5. The predicted octanol–water partition coefficient (Wildman–Crippen LogP) is 2.16. The van der Waals surface area contributed by atoms with Crippen LogP contribution in [0, 0.1) is 0 Å². The van der Waals surface area contributed by atoms with Gasteiger partial charge in [0.15, 0.2) is 0 Å². The van der Waals surface area contributed by atoms with Crippen molar-refractivity contribution in [3.63, 3.8) is 0 Å². The zero-order valence-corrected chi connectivity index (χ0v) is 15.6. The summed E-state index contributed by atoms with van der Waals surface area (Å²) >= 11 is 5.92. The van der Waals surface area contributed by atoms with Gasteiger partial charge in [0.25, 0.3) is 5.56 Å². The number of anilines is 1. The summed E-state index contributed by atoms with van der Waals surface area (Å²) in [7, 11) is 1.22. The van der Waals surface area contributed by atoms with E-state index >= 15 is 0 Å². The average molecular weight is 402 g/mol. The van der Waals surface area contributed by atoms with Crippen LogP contribution >= 0.6 is 11.6 Å². The third kappa shape index (κ3) is 3.96. The van der Waals surface area contributed by atoms with Crippen LogP contribution in [0.1, 0.15) is 16.8 Å². The third-order valence-corrected chi connectivity index (χ3v) is 4.35. The highest BCUT2D eigenvalue weighted by Crippen LogP contribution is 2.22. The van der Waals surface area contributed by atoms with Gasteiger partial charge >= 0.3 is 11.7 Å².